The van der Waals surface area contributed by atoms with Crippen molar-refractivity contribution in [2.24, 2.45) is 0 Å². The second-order valence-electron chi connectivity index (χ2n) is 3.20. The summed E-state index contributed by atoms with van der Waals surface area (Å²) >= 11 is 7.45. The number of rotatable bonds is 4. The first kappa shape index (κ1) is 12.0. The number of carbonyl (C=O) groups is 1. The summed E-state index contributed by atoms with van der Waals surface area (Å²) in [4.78, 5) is 11.5. The van der Waals surface area contributed by atoms with Gasteiger partial charge in [-0.05, 0) is 12.1 Å². The van der Waals surface area contributed by atoms with Gasteiger partial charge >= 0.3 is 5.97 Å². The molecule has 0 atom stereocenters. The Morgan fingerprint density at radius 3 is 2.88 bits per heavy atom. The molecule has 1 N–H and O–H groups in total. The lowest BCUT2D eigenvalue weighted by Gasteiger charge is -2.00. The standard InChI is InChI=1S/C11H8ClNO3S/c12-8-3-1-2-4-10(8)17-6-7-5-9(11(14)15)13-16-7/h1-5H,6H2,(H,14,15). The van der Waals surface area contributed by atoms with Crippen molar-refractivity contribution in [2.75, 3.05) is 0 Å². The Morgan fingerprint density at radius 2 is 2.24 bits per heavy atom. The Balaban J connectivity index is 2.02. The first-order valence-electron chi connectivity index (χ1n) is 4.73. The minimum absolute atomic E-state index is 0.0836. The first-order valence-corrected chi connectivity index (χ1v) is 6.09. The summed E-state index contributed by atoms with van der Waals surface area (Å²) in [6.45, 7) is 0. The van der Waals surface area contributed by atoms with E-state index in [2.05, 4.69) is 5.16 Å². The average Bonchev–Trinajstić information content (AvgIpc) is 2.77. The number of benzene rings is 1. The second kappa shape index (κ2) is 5.25. The van der Waals surface area contributed by atoms with E-state index in [1.54, 1.807) is 6.07 Å². The lowest BCUT2D eigenvalue weighted by Crippen LogP contribution is -1.94. The molecule has 0 bridgehead atoms. The van der Waals surface area contributed by atoms with Gasteiger partial charge < -0.3 is 9.63 Å². The summed E-state index contributed by atoms with van der Waals surface area (Å²) < 4.78 is 4.89. The lowest BCUT2D eigenvalue weighted by molar-refractivity contribution is 0.0685. The fourth-order valence-corrected chi connectivity index (χ4v) is 2.31. The van der Waals surface area contributed by atoms with Crippen LogP contribution in [0.15, 0.2) is 39.8 Å². The molecule has 0 radical (unpaired) electrons. The molecule has 0 aliphatic carbocycles. The highest BCUT2D eigenvalue weighted by atomic mass is 35.5. The molecular formula is C11H8ClNO3S. The van der Waals surface area contributed by atoms with E-state index in [-0.39, 0.29) is 5.69 Å². The molecule has 2 aromatic rings. The van der Waals surface area contributed by atoms with Gasteiger partial charge in [-0.2, -0.15) is 0 Å². The largest absolute Gasteiger partial charge is 0.476 e. The fourth-order valence-electron chi connectivity index (χ4n) is 1.19. The summed E-state index contributed by atoms with van der Waals surface area (Å²) in [5.41, 5.74) is -0.0836. The third-order valence-corrected chi connectivity index (χ3v) is 3.52. The Morgan fingerprint density at radius 1 is 1.47 bits per heavy atom. The van der Waals surface area contributed by atoms with Gasteiger partial charge in [-0.1, -0.05) is 28.9 Å². The van der Waals surface area contributed by atoms with Crippen LogP contribution in [0.4, 0.5) is 0 Å². The fraction of sp³-hybridized carbons (Fsp3) is 0.0909. The Bertz CT molecular complexity index is 541. The zero-order valence-corrected chi connectivity index (χ0v) is 10.2. The van der Waals surface area contributed by atoms with Crippen LogP contribution in [0.2, 0.25) is 5.02 Å². The summed E-state index contributed by atoms with van der Waals surface area (Å²) in [7, 11) is 0. The third kappa shape index (κ3) is 3.01. The zero-order chi connectivity index (χ0) is 12.3. The molecule has 0 saturated carbocycles. The highest BCUT2D eigenvalue weighted by molar-refractivity contribution is 7.98. The minimum atomic E-state index is -1.09. The number of aromatic carboxylic acids is 1. The van der Waals surface area contributed by atoms with Crippen LogP contribution in [-0.2, 0) is 5.75 Å². The van der Waals surface area contributed by atoms with Crippen LogP contribution in [0.5, 0.6) is 0 Å². The van der Waals surface area contributed by atoms with Crippen LogP contribution < -0.4 is 0 Å². The number of carboxylic acids is 1. The van der Waals surface area contributed by atoms with Crippen molar-refractivity contribution < 1.29 is 14.4 Å². The zero-order valence-electron chi connectivity index (χ0n) is 8.59. The van der Waals surface area contributed by atoms with Crippen LogP contribution in [0.25, 0.3) is 0 Å². The van der Waals surface area contributed by atoms with Crippen LogP contribution in [0.1, 0.15) is 16.2 Å². The van der Waals surface area contributed by atoms with Gasteiger partial charge in [-0.15, -0.1) is 11.8 Å². The van der Waals surface area contributed by atoms with E-state index in [4.69, 9.17) is 21.2 Å². The van der Waals surface area contributed by atoms with Gasteiger partial charge in [-0.3, -0.25) is 0 Å². The quantitative estimate of drug-likeness (QED) is 0.863. The van der Waals surface area contributed by atoms with Crippen molar-refractivity contribution in [3.05, 3.63) is 46.8 Å². The van der Waals surface area contributed by atoms with Crippen LogP contribution in [0, 0.1) is 0 Å². The maximum Gasteiger partial charge on any atom is 0.358 e. The van der Waals surface area contributed by atoms with Gasteiger partial charge in [0.05, 0.1) is 10.8 Å². The normalized spacial score (nSPS) is 10.4. The van der Waals surface area contributed by atoms with Gasteiger partial charge in [0.25, 0.3) is 0 Å². The summed E-state index contributed by atoms with van der Waals surface area (Å²) in [6.07, 6.45) is 0. The number of nitrogens with zero attached hydrogens (tertiary/aromatic N) is 1. The van der Waals surface area contributed by atoms with E-state index in [0.29, 0.717) is 16.5 Å². The van der Waals surface area contributed by atoms with Crippen molar-refractivity contribution in [3.8, 4) is 0 Å². The molecule has 1 aromatic heterocycles. The van der Waals surface area contributed by atoms with Crippen LogP contribution in [0.3, 0.4) is 0 Å². The molecule has 6 heteroatoms. The molecule has 0 aliphatic heterocycles. The minimum Gasteiger partial charge on any atom is -0.476 e. The van der Waals surface area contributed by atoms with Crippen molar-refractivity contribution in [3.63, 3.8) is 0 Å². The highest BCUT2D eigenvalue weighted by Gasteiger charge is 2.11. The number of aromatic nitrogens is 1. The van der Waals surface area contributed by atoms with Crippen molar-refractivity contribution >= 4 is 29.3 Å². The van der Waals surface area contributed by atoms with E-state index in [0.717, 1.165) is 4.90 Å². The molecule has 4 nitrogen and oxygen atoms in total. The van der Waals surface area contributed by atoms with Crippen molar-refractivity contribution in [1.29, 1.82) is 0 Å². The topological polar surface area (TPSA) is 63.3 Å². The average molecular weight is 270 g/mol. The van der Waals surface area contributed by atoms with Crippen LogP contribution in [-0.4, -0.2) is 16.2 Å². The predicted octanol–water partition coefficient (Wildman–Crippen LogP) is 3.32. The number of halogens is 1. The first-order chi connectivity index (χ1) is 8.16. The SMILES string of the molecule is O=C(O)c1cc(CSc2ccccc2Cl)on1. The van der Waals surface area contributed by atoms with Gasteiger partial charge in [0.2, 0.25) is 0 Å². The van der Waals surface area contributed by atoms with Gasteiger partial charge in [0, 0.05) is 11.0 Å². The third-order valence-electron chi connectivity index (χ3n) is 1.98. The van der Waals surface area contributed by atoms with Crippen molar-refractivity contribution in [1.82, 2.24) is 5.16 Å². The summed E-state index contributed by atoms with van der Waals surface area (Å²) in [5, 5.41) is 12.8. The van der Waals surface area contributed by atoms with Crippen molar-refractivity contribution in [2.45, 2.75) is 10.6 Å². The summed E-state index contributed by atoms with van der Waals surface area (Å²) in [6, 6.07) is 8.83. The van der Waals surface area contributed by atoms with Crippen LogP contribution >= 0.6 is 23.4 Å². The highest BCUT2D eigenvalue weighted by Crippen LogP contribution is 2.29. The van der Waals surface area contributed by atoms with Gasteiger partial charge in [0.1, 0.15) is 5.76 Å². The molecule has 1 aromatic carbocycles. The summed E-state index contributed by atoms with van der Waals surface area (Å²) in [5.74, 6) is -0.0978. The smallest absolute Gasteiger partial charge is 0.358 e. The second-order valence-corrected chi connectivity index (χ2v) is 4.63. The van der Waals surface area contributed by atoms with Gasteiger partial charge in [0.15, 0.2) is 5.69 Å². The molecule has 0 saturated heterocycles. The molecule has 0 aliphatic rings. The maximum absolute atomic E-state index is 10.6. The molecule has 0 unspecified atom stereocenters. The number of carboxylic acid groups (broad SMARTS) is 1. The van der Waals surface area contributed by atoms with E-state index in [1.807, 2.05) is 18.2 Å². The van der Waals surface area contributed by atoms with E-state index in [9.17, 15) is 4.79 Å². The molecule has 17 heavy (non-hydrogen) atoms. The number of thioether (sulfide) groups is 1. The molecule has 0 fully saturated rings. The molecular weight excluding hydrogens is 262 g/mol. The Labute approximate surface area is 107 Å². The molecule has 0 amide bonds. The predicted molar refractivity (Wildman–Crippen MR) is 64.5 cm³/mol. The maximum atomic E-state index is 10.6. The number of hydrogen-bond donors (Lipinski definition) is 1. The van der Waals surface area contributed by atoms with E-state index < -0.39 is 5.97 Å². The van der Waals surface area contributed by atoms with E-state index in [1.165, 1.54) is 17.8 Å². The van der Waals surface area contributed by atoms with E-state index >= 15 is 0 Å². The molecule has 88 valence electrons. The van der Waals surface area contributed by atoms with Gasteiger partial charge in [-0.25, -0.2) is 4.79 Å². The molecule has 1 heterocycles. The monoisotopic (exact) mass is 269 g/mol. The molecule has 2 rings (SSSR count). The molecule has 0 spiro atoms. The lowest BCUT2D eigenvalue weighted by atomic mass is 10.4. The Hall–Kier alpha value is -1.46. The number of hydrogen-bond acceptors (Lipinski definition) is 4. The Kier molecular flexibility index (Phi) is 3.71.